The van der Waals surface area contributed by atoms with E-state index < -0.39 is 0 Å². The predicted octanol–water partition coefficient (Wildman–Crippen LogP) is 2.36. The Morgan fingerprint density at radius 2 is 2.22 bits per heavy atom. The molecule has 0 unspecified atom stereocenters. The molecule has 0 saturated heterocycles. The lowest BCUT2D eigenvalue weighted by atomic mass is 9.86. The van der Waals surface area contributed by atoms with E-state index in [0.29, 0.717) is 31.9 Å². The molecule has 1 aliphatic heterocycles. The van der Waals surface area contributed by atoms with Crippen LogP contribution in [-0.4, -0.2) is 42.3 Å². The Balaban J connectivity index is 1.79. The minimum Gasteiger partial charge on any atom is -0.493 e. The van der Waals surface area contributed by atoms with Gasteiger partial charge in [0.15, 0.2) is 11.5 Å². The third-order valence-corrected chi connectivity index (χ3v) is 4.77. The van der Waals surface area contributed by atoms with Crippen LogP contribution in [0.15, 0.2) is 18.2 Å². The Hall–Kier alpha value is -1.75. The smallest absolute Gasteiger partial charge is 0.226 e. The van der Waals surface area contributed by atoms with Crippen molar-refractivity contribution in [2.24, 2.45) is 5.92 Å². The minimum atomic E-state index is -0.330. The number of carbonyl (C=O) groups is 1. The fourth-order valence-corrected chi connectivity index (χ4v) is 3.56. The Kier molecular flexibility index (Phi) is 5.06. The summed E-state index contributed by atoms with van der Waals surface area (Å²) in [5, 5.41) is 9.85. The number of para-hydroxylation sites is 1. The maximum absolute atomic E-state index is 12.9. The van der Waals surface area contributed by atoms with Crippen LogP contribution in [0.2, 0.25) is 0 Å². The van der Waals surface area contributed by atoms with Gasteiger partial charge in [-0.15, -0.1) is 0 Å². The number of aliphatic hydroxyl groups excluding tert-OH is 1. The highest BCUT2D eigenvalue weighted by molar-refractivity contribution is 5.79. The van der Waals surface area contributed by atoms with E-state index >= 15 is 0 Å². The summed E-state index contributed by atoms with van der Waals surface area (Å²) in [6, 6.07) is 5.79. The Labute approximate surface area is 137 Å². The van der Waals surface area contributed by atoms with Gasteiger partial charge < -0.3 is 19.5 Å². The first-order chi connectivity index (χ1) is 11.2. The fourth-order valence-electron chi connectivity index (χ4n) is 3.56. The highest BCUT2D eigenvalue weighted by Crippen LogP contribution is 2.34. The second kappa shape index (κ2) is 7.21. The van der Waals surface area contributed by atoms with Crippen molar-refractivity contribution in [3.05, 3.63) is 23.8 Å². The first-order valence-electron chi connectivity index (χ1n) is 8.44. The van der Waals surface area contributed by atoms with Gasteiger partial charge in [-0.3, -0.25) is 4.79 Å². The van der Waals surface area contributed by atoms with E-state index in [1.54, 1.807) is 7.11 Å². The van der Waals surface area contributed by atoms with Gasteiger partial charge in [0.1, 0.15) is 0 Å². The number of aliphatic hydroxyl groups is 1. The molecule has 1 N–H and O–H groups in total. The maximum atomic E-state index is 12.9. The second-order valence-corrected chi connectivity index (χ2v) is 6.43. The van der Waals surface area contributed by atoms with Crippen LogP contribution >= 0.6 is 0 Å². The fraction of sp³-hybridized carbons (Fsp3) is 0.611. The van der Waals surface area contributed by atoms with Gasteiger partial charge in [-0.2, -0.15) is 0 Å². The molecule has 1 aromatic rings. The molecule has 0 spiro atoms. The topological polar surface area (TPSA) is 59.0 Å². The van der Waals surface area contributed by atoms with Crippen molar-refractivity contribution >= 4 is 5.91 Å². The molecule has 1 fully saturated rings. The molecule has 23 heavy (non-hydrogen) atoms. The molecular weight excluding hydrogens is 294 g/mol. The summed E-state index contributed by atoms with van der Waals surface area (Å²) in [5.74, 6) is 1.58. The number of fused-ring (bicyclic) bond motifs is 1. The normalized spacial score (nSPS) is 24.9. The molecule has 1 aromatic carbocycles. The van der Waals surface area contributed by atoms with Crippen LogP contribution in [0.4, 0.5) is 0 Å². The third-order valence-electron chi connectivity index (χ3n) is 4.77. The zero-order chi connectivity index (χ0) is 16.2. The summed E-state index contributed by atoms with van der Waals surface area (Å²) in [4.78, 5) is 14.8. The lowest BCUT2D eigenvalue weighted by molar-refractivity contribution is -0.138. The molecule has 3 rings (SSSR count). The Morgan fingerprint density at radius 3 is 3.00 bits per heavy atom. The van der Waals surface area contributed by atoms with Crippen LogP contribution in [0.3, 0.4) is 0 Å². The lowest BCUT2D eigenvalue weighted by Gasteiger charge is -2.32. The molecule has 2 atom stereocenters. The molecule has 2 aliphatic rings. The molecule has 5 nitrogen and oxygen atoms in total. The Bertz CT molecular complexity index is 560. The lowest BCUT2D eigenvalue weighted by Crippen LogP contribution is -2.40. The molecule has 0 aromatic heterocycles. The number of hydrogen-bond donors (Lipinski definition) is 1. The molecule has 0 bridgehead atoms. The van der Waals surface area contributed by atoms with Crippen molar-refractivity contribution < 1.29 is 19.4 Å². The van der Waals surface area contributed by atoms with Gasteiger partial charge in [0.25, 0.3) is 0 Å². The van der Waals surface area contributed by atoms with Gasteiger partial charge in [-0.1, -0.05) is 18.6 Å². The number of hydrogen-bond acceptors (Lipinski definition) is 4. The predicted molar refractivity (Wildman–Crippen MR) is 86.5 cm³/mol. The van der Waals surface area contributed by atoms with Crippen LogP contribution in [0.5, 0.6) is 11.5 Å². The van der Waals surface area contributed by atoms with E-state index in [2.05, 4.69) is 0 Å². The van der Waals surface area contributed by atoms with Crippen LogP contribution in [0, 0.1) is 5.92 Å². The first-order valence-corrected chi connectivity index (χ1v) is 8.44. The highest BCUT2D eigenvalue weighted by Gasteiger charge is 2.30. The van der Waals surface area contributed by atoms with E-state index in [1.807, 2.05) is 23.1 Å². The number of methoxy groups -OCH3 is 1. The standard InChI is InChI=1S/C18H25NO4/c1-22-16-8-3-6-14-12-19(9-4-10-23-17(14)16)18(21)13-5-2-7-15(20)11-13/h3,6,8,13,15,20H,2,4-5,7,9-12H2,1H3/t13-,15-/m0/s1. The van der Waals surface area contributed by atoms with E-state index in [4.69, 9.17) is 9.47 Å². The first kappa shape index (κ1) is 16.1. The van der Waals surface area contributed by atoms with Crippen molar-refractivity contribution in [2.45, 2.75) is 44.8 Å². The van der Waals surface area contributed by atoms with E-state index in [9.17, 15) is 9.90 Å². The molecule has 1 heterocycles. The van der Waals surface area contributed by atoms with Gasteiger partial charge in [0, 0.05) is 24.6 Å². The zero-order valence-electron chi connectivity index (χ0n) is 13.7. The van der Waals surface area contributed by atoms with Gasteiger partial charge in [-0.05, 0) is 31.7 Å². The quantitative estimate of drug-likeness (QED) is 0.909. The summed E-state index contributed by atoms with van der Waals surface area (Å²) < 4.78 is 11.2. The van der Waals surface area contributed by atoms with Gasteiger partial charge in [-0.25, -0.2) is 0 Å². The van der Waals surface area contributed by atoms with Crippen molar-refractivity contribution in [3.63, 3.8) is 0 Å². The van der Waals surface area contributed by atoms with Crippen molar-refractivity contribution in [3.8, 4) is 11.5 Å². The van der Waals surface area contributed by atoms with Crippen LogP contribution in [0.1, 0.15) is 37.7 Å². The SMILES string of the molecule is COc1cccc2c1OCCCN(C(=O)[C@H]1CCC[C@H](O)C1)C2. The average molecular weight is 319 g/mol. The van der Waals surface area contributed by atoms with Crippen LogP contribution in [-0.2, 0) is 11.3 Å². The van der Waals surface area contributed by atoms with Gasteiger partial charge >= 0.3 is 0 Å². The minimum absolute atomic E-state index is 0.0480. The van der Waals surface area contributed by atoms with Gasteiger partial charge in [0.05, 0.1) is 19.8 Å². The van der Waals surface area contributed by atoms with E-state index in [0.717, 1.165) is 37.0 Å². The second-order valence-electron chi connectivity index (χ2n) is 6.43. The molecule has 1 saturated carbocycles. The zero-order valence-corrected chi connectivity index (χ0v) is 13.7. The number of amides is 1. The number of nitrogens with zero attached hydrogens (tertiary/aromatic N) is 1. The summed E-state index contributed by atoms with van der Waals surface area (Å²) in [6.45, 7) is 1.81. The molecule has 1 aliphatic carbocycles. The van der Waals surface area contributed by atoms with Crippen LogP contribution < -0.4 is 9.47 Å². The molecule has 5 heteroatoms. The number of rotatable bonds is 2. The molecule has 1 amide bonds. The molecule has 0 radical (unpaired) electrons. The van der Waals surface area contributed by atoms with E-state index in [-0.39, 0.29) is 17.9 Å². The largest absolute Gasteiger partial charge is 0.493 e. The summed E-state index contributed by atoms with van der Waals surface area (Å²) in [5.41, 5.74) is 0.980. The summed E-state index contributed by atoms with van der Waals surface area (Å²) >= 11 is 0. The summed E-state index contributed by atoms with van der Waals surface area (Å²) in [7, 11) is 1.63. The number of carbonyl (C=O) groups excluding carboxylic acids is 1. The van der Waals surface area contributed by atoms with E-state index in [1.165, 1.54) is 0 Å². The molecular formula is C18H25NO4. The summed E-state index contributed by atoms with van der Waals surface area (Å²) in [6.07, 6.45) is 3.70. The average Bonchev–Trinajstić information content (AvgIpc) is 2.54. The number of ether oxygens (including phenoxy) is 2. The van der Waals surface area contributed by atoms with Gasteiger partial charge in [0.2, 0.25) is 5.91 Å². The molecule has 126 valence electrons. The van der Waals surface area contributed by atoms with Crippen molar-refractivity contribution in [1.82, 2.24) is 4.90 Å². The maximum Gasteiger partial charge on any atom is 0.226 e. The van der Waals surface area contributed by atoms with Crippen LogP contribution in [0.25, 0.3) is 0 Å². The highest BCUT2D eigenvalue weighted by atomic mass is 16.5. The van der Waals surface area contributed by atoms with Crippen molar-refractivity contribution in [2.75, 3.05) is 20.3 Å². The monoisotopic (exact) mass is 319 g/mol. The number of benzene rings is 1. The Morgan fingerprint density at radius 1 is 1.35 bits per heavy atom. The van der Waals surface area contributed by atoms with Crippen molar-refractivity contribution in [1.29, 1.82) is 0 Å². The third kappa shape index (κ3) is 3.61.